The Labute approximate surface area is 134 Å². The molecule has 20 heavy (non-hydrogen) atoms. The van der Waals surface area contributed by atoms with Gasteiger partial charge in [-0.3, -0.25) is 4.79 Å². The van der Waals surface area contributed by atoms with Gasteiger partial charge >= 0.3 is 0 Å². The van der Waals surface area contributed by atoms with Crippen molar-refractivity contribution in [2.45, 2.75) is 25.5 Å². The van der Waals surface area contributed by atoms with E-state index in [0.717, 1.165) is 19.5 Å². The van der Waals surface area contributed by atoms with Crippen LogP contribution in [0.5, 0.6) is 5.75 Å². The van der Waals surface area contributed by atoms with Crippen LogP contribution in [0.1, 0.15) is 13.3 Å². The molecule has 1 saturated heterocycles. The Balaban J connectivity index is 0.00000200. The van der Waals surface area contributed by atoms with E-state index < -0.39 is 6.10 Å². The van der Waals surface area contributed by atoms with E-state index in [2.05, 4.69) is 10.6 Å². The SMILES string of the molecule is CC(Oc1ccc(Cl)c(Cl)c1)C(=O)NC1CCNC1.Cl. The minimum absolute atomic E-state index is 0. The number of carbonyl (C=O) groups is 1. The van der Waals surface area contributed by atoms with Gasteiger partial charge in [-0.15, -0.1) is 12.4 Å². The van der Waals surface area contributed by atoms with Crippen LogP contribution >= 0.6 is 35.6 Å². The number of rotatable bonds is 4. The number of ether oxygens (including phenoxy) is 1. The van der Waals surface area contributed by atoms with Crippen LogP contribution in [-0.2, 0) is 4.79 Å². The fourth-order valence-corrected chi connectivity index (χ4v) is 2.19. The van der Waals surface area contributed by atoms with Crippen LogP contribution in [0.3, 0.4) is 0 Å². The fraction of sp³-hybridized carbons (Fsp3) is 0.462. The molecule has 1 aromatic carbocycles. The molecule has 0 spiro atoms. The van der Waals surface area contributed by atoms with Crippen LogP contribution in [0, 0.1) is 0 Å². The number of hydrogen-bond acceptors (Lipinski definition) is 3. The summed E-state index contributed by atoms with van der Waals surface area (Å²) >= 11 is 11.7. The van der Waals surface area contributed by atoms with Crippen molar-refractivity contribution in [3.8, 4) is 5.75 Å². The molecule has 1 aliphatic heterocycles. The Morgan fingerprint density at radius 2 is 2.20 bits per heavy atom. The normalized spacial score (nSPS) is 19.1. The highest BCUT2D eigenvalue weighted by atomic mass is 35.5. The summed E-state index contributed by atoms with van der Waals surface area (Å²) in [7, 11) is 0. The van der Waals surface area contributed by atoms with Gasteiger partial charge in [-0.2, -0.15) is 0 Å². The van der Waals surface area contributed by atoms with Gasteiger partial charge < -0.3 is 15.4 Å². The molecule has 2 N–H and O–H groups in total. The second kappa shape index (κ2) is 7.93. The fourth-order valence-electron chi connectivity index (χ4n) is 1.90. The van der Waals surface area contributed by atoms with Crippen molar-refractivity contribution in [3.63, 3.8) is 0 Å². The first kappa shape index (κ1) is 17.4. The molecule has 1 heterocycles. The van der Waals surface area contributed by atoms with Gasteiger partial charge in [0.1, 0.15) is 5.75 Å². The van der Waals surface area contributed by atoms with Gasteiger partial charge in [0.25, 0.3) is 5.91 Å². The number of nitrogens with one attached hydrogen (secondary N) is 2. The lowest BCUT2D eigenvalue weighted by atomic mass is 10.2. The van der Waals surface area contributed by atoms with Crippen molar-refractivity contribution in [2.24, 2.45) is 0 Å². The van der Waals surface area contributed by atoms with Crippen LogP contribution in [0.25, 0.3) is 0 Å². The van der Waals surface area contributed by atoms with Crippen LogP contribution in [0.15, 0.2) is 18.2 Å². The zero-order valence-electron chi connectivity index (χ0n) is 11.0. The third-order valence-electron chi connectivity index (χ3n) is 2.98. The lowest BCUT2D eigenvalue weighted by Crippen LogP contribution is -2.43. The van der Waals surface area contributed by atoms with Crippen molar-refractivity contribution < 1.29 is 9.53 Å². The summed E-state index contributed by atoms with van der Waals surface area (Å²) in [5.74, 6) is 0.404. The molecule has 0 aromatic heterocycles. The Morgan fingerprint density at radius 1 is 1.45 bits per heavy atom. The van der Waals surface area contributed by atoms with Gasteiger partial charge in [0, 0.05) is 18.7 Å². The third-order valence-corrected chi connectivity index (χ3v) is 3.72. The maximum atomic E-state index is 11.9. The Kier molecular flexibility index (Phi) is 6.89. The zero-order valence-corrected chi connectivity index (χ0v) is 13.3. The summed E-state index contributed by atoms with van der Waals surface area (Å²) in [5.41, 5.74) is 0. The standard InChI is InChI=1S/C13H16Cl2N2O2.ClH/c1-8(13(18)17-9-4-5-16-7-9)19-10-2-3-11(14)12(15)6-10;/h2-3,6,8-9,16H,4-5,7H2,1H3,(H,17,18);1H. The monoisotopic (exact) mass is 338 g/mol. The zero-order chi connectivity index (χ0) is 13.8. The van der Waals surface area contributed by atoms with Crippen LogP contribution in [0.4, 0.5) is 0 Å². The predicted octanol–water partition coefficient (Wildman–Crippen LogP) is 2.66. The van der Waals surface area contributed by atoms with Gasteiger partial charge in [-0.1, -0.05) is 23.2 Å². The van der Waals surface area contributed by atoms with E-state index in [1.54, 1.807) is 25.1 Å². The van der Waals surface area contributed by atoms with Gasteiger partial charge in [0.05, 0.1) is 10.0 Å². The quantitative estimate of drug-likeness (QED) is 0.886. The Bertz CT molecular complexity index is 465. The smallest absolute Gasteiger partial charge is 0.261 e. The first-order valence-electron chi connectivity index (χ1n) is 6.19. The van der Waals surface area contributed by atoms with Crippen molar-refractivity contribution in [1.29, 1.82) is 0 Å². The molecule has 1 amide bonds. The first-order valence-corrected chi connectivity index (χ1v) is 6.94. The van der Waals surface area contributed by atoms with Crippen molar-refractivity contribution in [3.05, 3.63) is 28.2 Å². The highest BCUT2D eigenvalue weighted by Crippen LogP contribution is 2.26. The van der Waals surface area contributed by atoms with E-state index in [0.29, 0.717) is 15.8 Å². The lowest BCUT2D eigenvalue weighted by molar-refractivity contribution is -0.127. The molecule has 0 saturated carbocycles. The lowest BCUT2D eigenvalue weighted by Gasteiger charge is -2.17. The number of amides is 1. The molecule has 2 unspecified atom stereocenters. The van der Waals surface area contributed by atoms with Crippen LogP contribution in [0.2, 0.25) is 10.0 Å². The molecule has 1 aliphatic rings. The highest BCUT2D eigenvalue weighted by Gasteiger charge is 2.21. The van der Waals surface area contributed by atoms with Gasteiger partial charge in [0.2, 0.25) is 0 Å². The van der Waals surface area contributed by atoms with Gasteiger partial charge in [0.15, 0.2) is 6.10 Å². The average molecular weight is 340 g/mol. The molecule has 4 nitrogen and oxygen atoms in total. The molecule has 7 heteroatoms. The van der Waals surface area contributed by atoms with E-state index in [-0.39, 0.29) is 24.4 Å². The summed E-state index contributed by atoms with van der Waals surface area (Å²) in [6, 6.07) is 5.12. The molecule has 0 aliphatic carbocycles. The molecule has 2 rings (SSSR count). The van der Waals surface area contributed by atoms with E-state index >= 15 is 0 Å². The summed E-state index contributed by atoms with van der Waals surface area (Å²) in [4.78, 5) is 11.9. The number of benzene rings is 1. The molecular weight excluding hydrogens is 323 g/mol. The van der Waals surface area contributed by atoms with E-state index in [4.69, 9.17) is 27.9 Å². The van der Waals surface area contributed by atoms with E-state index in [1.807, 2.05) is 0 Å². The minimum Gasteiger partial charge on any atom is -0.481 e. The van der Waals surface area contributed by atoms with E-state index in [9.17, 15) is 4.79 Å². The predicted molar refractivity (Wildman–Crippen MR) is 83.2 cm³/mol. The molecule has 112 valence electrons. The minimum atomic E-state index is -0.571. The summed E-state index contributed by atoms with van der Waals surface area (Å²) in [5, 5.41) is 7.00. The molecule has 2 atom stereocenters. The first-order chi connectivity index (χ1) is 9.06. The molecule has 1 fully saturated rings. The third kappa shape index (κ3) is 4.70. The summed E-state index contributed by atoms with van der Waals surface area (Å²) in [6.07, 6.45) is 0.378. The van der Waals surface area contributed by atoms with Crippen molar-refractivity contribution in [2.75, 3.05) is 13.1 Å². The van der Waals surface area contributed by atoms with Gasteiger partial charge in [-0.25, -0.2) is 0 Å². The molecule has 0 bridgehead atoms. The Hall–Kier alpha value is -0.680. The van der Waals surface area contributed by atoms with Crippen LogP contribution in [-0.4, -0.2) is 31.1 Å². The number of hydrogen-bond donors (Lipinski definition) is 2. The average Bonchev–Trinajstić information content (AvgIpc) is 2.86. The maximum absolute atomic E-state index is 11.9. The van der Waals surface area contributed by atoms with Crippen molar-refractivity contribution >= 4 is 41.5 Å². The number of halogens is 3. The van der Waals surface area contributed by atoms with Crippen molar-refractivity contribution in [1.82, 2.24) is 10.6 Å². The molecule has 1 aromatic rings. The second-order valence-electron chi connectivity index (χ2n) is 4.53. The Morgan fingerprint density at radius 3 is 2.80 bits per heavy atom. The topological polar surface area (TPSA) is 50.4 Å². The maximum Gasteiger partial charge on any atom is 0.261 e. The second-order valence-corrected chi connectivity index (χ2v) is 5.35. The van der Waals surface area contributed by atoms with E-state index in [1.165, 1.54) is 0 Å². The molecular formula is C13H17Cl3N2O2. The van der Waals surface area contributed by atoms with Crippen LogP contribution < -0.4 is 15.4 Å². The van der Waals surface area contributed by atoms with Gasteiger partial charge in [-0.05, 0) is 32.0 Å². The largest absolute Gasteiger partial charge is 0.481 e. The molecule has 0 radical (unpaired) electrons. The summed E-state index contributed by atoms with van der Waals surface area (Å²) in [6.45, 7) is 3.46. The summed E-state index contributed by atoms with van der Waals surface area (Å²) < 4.78 is 5.55. The highest BCUT2D eigenvalue weighted by molar-refractivity contribution is 6.42. The number of carbonyl (C=O) groups excluding carboxylic acids is 1.